The van der Waals surface area contributed by atoms with Crippen molar-refractivity contribution in [2.45, 2.75) is 4.90 Å². The van der Waals surface area contributed by atoms with Gasteiger partial charge in [-0.1, -0.05) is 29.3 Å². The van der Waals surface area contributed by atoms with Gasteiger partial charge in [0.25, 0.3) is 15.9 Å². The van der Waals surface area contributed by atoms with Crippen LogP contribution < -0.4 is 14.9 Å². The number of hydrogen-bond donors (Lipinski definition) is 3. The van der Waals surface area contributed by atoms with Crippen LogP contribution in [-0.2, 0) is 10.0 Å². The number of methoxy groups -OCH3 is 1. The Hall–Kier alpha value is -3.27. The molecule has 0 aliphatic heterocycles. The molecular weight excluding hydrogens is 477 g/mol. The van der Waals surface area contributed by atoms with Gasteiger partial charge in [-0.3, -0.25) is 9.52 Å². The highest BCUT2D eigenvalue weighted by atomic mass is 35.5. The highest BCUT2D eigenvalue weighted by molar-refractivity contribution is 7.92. The zero-order valence-corrected chi connectivity index (χ0v) is 18.9. The van der Waals surface area contributed by atoms with Crippen LogP contribution in [0.3, 0.4) is 0 Å². The minimum atomic E-state index is -4.03. The summed E-state index contributed by atoms with van der Waals surface area (Å²) in [5, 5.41) is 13.9. The van der Waals surface area contributed by atoms with Crippen molar-refractivity contribution in [3.8, 4) is 11.5 Å². The summed E-state index contributed by atoms with van der Waals surface area (Å²) in [6, 6.07) is 14.3. The predicted octanol–water partition coefficient (Wildman–Crippen LogP) is 4.27. The van der Waals surface area contributed by atoms with Crippen molar-refractivity contribution >= 4 is 51.0 Å². The van der Waals surface area contributed by atoms with E-state index in [1.807, 2.05) is 0 Å². The number of hydrazone groups is 1. The second-order valence-corrected chi connectivity index (χ2v) is 8.91. The largest absolute Gasteiger partial charge is 0.504 e. The van der Waals surface area contributed by atoms with Crippen molar-refractivity contribution in [2.24, 2.45) is 5.10 Å². The third kappa shape index (κ3) is 5.70. The Bertz CT molecular complexity index is 1300. The lowest BCUT2D eigenvalue weighted by molar-refractivity contribution is 0.0955. The van der Waals surface area contributed by atoms with Crippen molar-refractivity contribution in [3.05, 3.63) is 81.8 Å². The normalized spacial score (nSPS) is 11.3. The van der Waals surface area contributed by atoms with E-state index in [9.17, 15) is 18.3 Å². The van der Waals surface area contributed by atoms with Crippen molar-refractivity contribution < 1.29 is 23.1 Å². The summed E-state index contributed by atoms with van der Waals surface area (Å²) < 4.78 is 32.8. The minimum Gasteiger partial charge on any atom is -0.504 e. The molecule has 0 unspecified atom stereocenters. The molecule has 0 aromatic heterocycles. The summed E-state index contributed by atoms with van der Waals surface area (Å²) in [6.07, 6.45) is 1.35. The number of carbonyl (C=O) groups excluding carboxylic acids is 1. The fraction of sp³-hybridized carbons (Fsp3) is 0.0476. The number of rotatable bonds is 7. The molecule has 1 amide bonds. The Morgan fingerprint density at radius 1 is 1.09 bits per heavy atom. The summed E-state index contributed by atoms with van der Waals surface area (Å²) in [7, 11) is -2.62. The van der Waals surface area contributed by atoms with Crippen molar-refractivity contribution in [2.75, 3.05) is 11.8 Å². The topological polar surface area (TPSA) is 117 Å². The Morgan fingerprint density at radius 3 is 2.62 bits per heavy atom. The molecule has 0 atom stereocenters. The number of amides is 1. The number of ether oxygens (including phenoxy) is 1. The van der Waals surface area contributed by atoms with Gasteiger partial charge >= 0.3 is 0 Å². The Labute approximate surface area is 194 Å². The van der Waals surface area contributed by atoms with Crippen LogP contribution in [0.15, 0.2) is 70.7 Å². The van der Waals surface area contributed by atoms with Crippen LogP contribution >= 0.6 is 23.2 Å². The third-order valence-electron chi connectivity index (χ3n) is 4.16. The summed E-state index contributed by atoms with van der Waals surface area (Å²) in [6.45, 7) is 0. The number of nitrogens with zero attached hydrogens (tertiary/aromatic N) is 1. The van der Waals surface area contributed by atoms with E-state index in [-0.39, 0.29) is 32.7 Å². The molecule has 0 spiro atoms. The molecule has 0 fully saturated rings. The van der Waals surface area contributed by atoms with E-state index in [0.717, 1.165) is 0 Å². The summed E-state index contributed by atoms with van der Waals surface area (Å²) >= 11 is 11.9. The monoisotopic (exact) mass is 493 g/mol. The lowest BCUT2D eigenvalue weighted by atomic mass is 10.2. The first-order valence-corrected chi connectivity index (χ1v) is 11.2. The summed E-state index contributed by atoms with van der Waals surface area (Å²) in [4.78, 5) is 12.3. The number of hydrogen-bond acceptors (Lipinski definition) is 6. The highest BCUT2D eigenvalue weighted by Crippen LogP contribution is 2.28. The zero-order chi connectivity index (χ0) is 23.3. The van der Waals surface area contributed by atoms with Crippen molar-refractivity contribution in [1.82, 2.24) is 5.43 Å². The quantitative estimate of drug-likeness (QED) is 0.335. The molecule has 3 N–H and O–H groups in total. The van der Waals surface area contributed by atoms with Gasteiger partial charge in [0.05, 0.1) is 28.9 Å². The number of halogens is 2. The van der Waals surface area contributed by atoms with Gasteiger partial charge in [-0.15, -0.1) is 0 Å². The average Bonchev–Trinajstić information content (AvgIpc) is 2.77. The van der Waals surface area contributed by atoms with Crippen molar-refractivity contribution in [1.29, 1.82) is 0 Å². The van der Waals surface area contributed by atoms with Crippen LogP contribution in [0.1, 0.15) is 15.9 Å². The number of sulfonamides is 1. The molecule has 0 radical (unpaired) electrons. The zero-order valence-electron chi connectivity index (χ0n) is 16.5. The van der Waals surface area contributed by atoms with E-state index in [2.05, 4.69) is 15.2 Å². The molecule has 0 bridgehead atoms. The van der Waals surface area contributed by atoms with E-state index in [1.54, 1.807) is 6.07 Å². The second kappa shape index (κ2) is 9.90. The Balaban J connectivity index is 1.74. The van der Waals surface area contributed by atoms with Crippen LogP contribution in [0.25, 0.3) is 0 Å². The smallest absolute Gasteiger partial charge is 0.271 e. The molecule has 8 nitrogen and oxygen atoms in total. The van der Waals surface area contributed by atoms with Gasteiger partial charge in [0.15, 0.2) is 11.5 Å². The van der Waals surface area contributed by atoms with E-state index in [4.69, 9.17) is 27.9 Å². The highest BCUT2D eigenvalue weighted by Gasteiger charge is 2.18. The Kier molecular flexibility index (Phi) is 7.24. The fourth-order valence-electron chi connectivity index (χ4n) is 2.59. The molecule has 3 rings (SSSR count). The van der Waals surface area contributed by atoms with Gasteiger partial charge < -0.3 is 9.84 Å². The molecule has 166 valence electrons. The first-order chi connectivity index (χ1) is 15.2. The van der Waals surface area contributed by atoms with Gasteiger partial charge in [-0.25, -0.2) is 13.8 Å². The molecule has 0 aliphatic carbocycles. The van der Waals surface area contributed by atoms with Gasteiger partial charge in [0, 0.05) is 10.6 Å². The lowest BCUT2D eigenvalue weighted by Crippen LogP contribution is -2.19. The molecule has 0 aliphatic rings. The molecule has 3 aromatic carbocycles. The molecule has 11 heteroatoms. The number of nitrogens with one attached hydrogen (secondary N) is 2. The van der Waals surface area contributed by atoms with E-state index >= 15 is 0 Å². The van der Waals surface area contributed by atoms with Crippen LogP contribution in [0.5, 0.6) is 11.5 Å². The molecule has 0 saturated carbocycles. The Morgan fingerprint density at radius 2 is 1.88 bits per heavy atom. The molecule has 3 aromatic rings. The first kappa shape index (κ1) is 23.4. The van der Waals surface area contributed by atoms with Gasteiger partial charge in [-0.05, 0) is 60.2 Å². The van der Waals surface area contributed by atoms with Crippen LogP contribution in [0.4, 0.5) is 5.69 Å². The van der Waals surface area contributed by atoms with E-state index in [0.29, 0.717) is 10.6 Å². The third-order valence-corrected chi connectivity index (χ3v) is 6.09. The van der Waals surface area contributed by atoms with Gasteiger partial charge in [0.2, 0.25) is 0 Å². The van der Waals surface area contributed by atoms with Gasteiger partial charge in [0.1, 0.15) is 0 Å². The number of anilines is 1. The van der Waals surface area contributed by atoms with E-state index in [1.165, 1.54) is 67.9 Å². The number of phenolic OH excluding ortho intramolecular Hbond substituents is 1. The molecule has 32 heavy (non-hydrogen) atoms. The second-order valence-electron chi connectivity index (χ2n) is 6.39. The fourth-order valence-corrected chi connectivity index (χ4v) is 4.10. The number of benzene rings is 3. The SMILES string of the molecule is COc1cc(/C=N\NC(=O)c2cccc(S(=O)(=O)Nc3cc(Cl)ccc3Cl)c2)ccc1O. The van der Waals surface area contributed by atoms with Gasteiger partial charge in [-0.2, -0.15) is 5.10 Å². The number of carbonyl (C=O) groups is 1. The average molecular weight is 494 g/mol. The van der Waals surface area contributed by atoms with Crippen LogP contribution in [-0.4, -0.2) is 32.8 Å². The molecule has 0 heterocycles. The summed E-state index contributed by atoms with van der Waals surface area (Å²) in [5.41, 5.74) is 3.07. The molecular formula is C21H17Cl2N3O5S. The van der Waals surface area contributed by atoms with E-state index < -0.39 is 15.9 Å². The predicted molar refractivity (Wildman–Crippen MR) is 123 cm³/mol. The minimum absolute atomic E-state index is 0.0284. The lowest BCUT2D eigenvalue weighted by Gasteiger charge is -2.11. The maximum absolute atomic E-state index is 12.7. The number of phenols is 1. The summed E-state index contributed by atoms with van der Waals surface area (Å²) in [5.74, 6) is -0.394. The van der Waals surface area contributed by atoms with Crippen LogP contribution in [0, 0.1) is 0 Å². The number of aromatic hydroxyl groups is 1. The van der Waals surface area contributed by atoms with Crippen LogP contribution in [0.2, 0.25) is 10.0 Å². The van der Waals surface area contributed by atoms with Crippen molar-refractivity contribution in [3.63, 3.8) is 0 Å². The first-order valence-electron chi connectivity index (χ1n) is 8.98. The maximum Gasteiger partial charge on any atom is 0.271 e. The maximum atomic E-state index is 12.7. The standard InChI is InChI=1S/C21H17Cl2N3O5S/c1-31-20-9-13(5-8-19(20)27)12-24-25-21(28)14-3-2-4-16(10-14)32(29,30)26-18-11-15(22)6-7-17(18)23/h2-12,26-27H,1H3,(H,25,28)/b24-12-. The molecule has 0 saturated heterocycles.